The minimum absolute atomic E-state index is 0.0182. The largest absolute Gasteiger partial charge is 0.486 e. The number of hydrogen-bond donors (Lipinski definition) is 5. The second-order valence-corrected chi connectivity index (χ2v) is 7.40. The fourth-order valence-electron chi connectivity index (χ4n) is 3.50. The molecule has 0 aliphatic carbocycles. The Morgan fingerprint density at radius 3 is 2.73 bits per heavy atom. The van der Waals surface area contributed by atoms with Crippen LogP contribution < -0.4 is 37.7 Å². The smallest absolute Gasteiger partial charge is 0.239 e. The molecular weight excluding hydrogens is 422 g/mol. The molecule has 168 valence electrons. The number of nitrogens with zero attached hydrogens (tertiary/aromatic N) is 4. The topological polar surface area (TPSA) is 181 Å². The number of pyridine rings is 2. The standard InChI is InChI=1S/C22H23N9O2/c23-9-16-7-13(14-3-4-19(28-10-14)31-6-5-27-20(32)11-31)1-2-15(16)12-33-17-8-18(24)29-22(30-26)21(17)25/h1-4,7-8,10H,5-6,11-12,25-26H2,(H,27,32)(H3,24,29,30). The molecule has 8 N–H and O–H groups in total. The maximum atomic E-state index is 11.6. The summed E-state index contributed by atoms with van der Waals surface area (Å²) in [5.41, 5.74) is 17.2. The first-order valence-electron chi connectivity index (χ1n) is 10.1. The third-order valence-electron chi connectivity index (χ3n) is 5.23. The summed E-state index contributed by atoms with van der Waals surface area (Å²) in [5.74, 6) is 6.84. The van der Waals surface area contributed by atoms with E-state index >= 15 is 0 Å². The Morgan fingerprint density at radius 2 is 2.03 bits per heavy atom. The van der Waals surface area contributed by atoms with Crippen LogP contribution in [0.3, 0.4) is 0 Å². The lowest BCUT2D eigenvalue weighted by molar-refractivity contribution is -0.120. The minimum atomic E-state index is -0.0182. The molecule has 3 aromatic rings. The van der Waals surface area contributed by atoms with Crippen LogP contribution in [0, 0.1) is 11.3 Å². The highest BCUT2D eigenvalue weighted by Crippen LogP contribution is 2.31. The first kappa shape index (κ1) is 21.7. The van der Waals surface area contributed by atoms with Gasteiger partial charge in [0.25, 0.3) is 0 Å². The lowest BCUT2D eigenvalue weighted by Gasteiger charge is -2.27. The number of nitriles is 1. The number of carbonyl (C=O) groups is 1. The van der Waals surface area contributed by atoms with Gasteiger partial charge < -0.3 is 31.8 Å². The zero-order chi connectivity index (χ0) is 23.4. The van der Waals surface area contributed by atoms with E-state index in [2.05, 4.69) is 26.8 Å². The number of nitrogen functional groups attached to an aromatic ring is 3. The molecule has 2 aromatic heterocycles. The van der Waals surface area contributed by atoms with Crippen LogP contribution in [0.15, 0.2) is 42.6 Å². The molecule has 0 radical (unpaired) electrons. The Balaban J connectivity index is 1.51. The molecule has 1 fully saturated rings. The van der Waals surface area contributed by atoms with Gasteiger partial charge in [-0.2, -0.15) is 5.26 Å². The summed E-state index contributed by atoms with van der Waals surface area (Å²) in [5, 5.41) is 12.5. The van der Waals surface area contributed by atoms with Crippen LogP contribution in [0.5, 0.6) is 5.75 Å². The van der Waals surface area contributed by atoms with E-state index < -0.39 is 0 Å². The maximum Gasteiger partial charge on any atom is 0.239 e. The molecule has 0 spiro atoms. The van der Waals surface area contributed by atoms with Crippen molar-refractivity contribution in [3.63, 3.8) is 0 Å². The summed E-state index contributed by atoms with van der Waals surface area (Å²) in [6.07, 6.45) is 1.73. The lowest BCUT2D eigenvalue weighted by atomic mass is 10.0. The third-order valence-corrected chi connectivity index (χ3v) is 5.23. The van der Waals surface area contributed by atoms with Crippen LogP contribution in [0.2, 0.25) is 0 Å². The van der Waals surface area contributed by atoms with Crippen molar-refractivity contribution in [3.8, 4) is 22.9 Å². The first-order valence-corrected chi connectivity index (χ1v) is 10.1. The minimum Gasteiger partial charge on any atom is -0.486 e. The number of amides is 1. The summed E-state index contributed by atoms with van der Waals surface area (Å²) < 4.78 is 5.78. The van der Waals surface area contributed by atoms with Gasteiger partial charge in [0.15, 0.2) is 5.82 Å². The third kappa shape index (κ3) is 4.70. The van der Waals surface area contributed by atoms with E-state index in [0.29, 0.717) is 30.0 Å². The van der Waals surface area contributed by atoms with Gasteiger partial charge in [-0.1, -0.05) is 12.1 Å². The predicted octanol–water partition coefficient (Wildman–Crippen LogP) is 0.980. The molecule has 1 aromatic carbocycles. The number of nitrogens with two attached hydrogens (primary N) is 3. The van der Waals surface area contributed by atoms with Crippen molar-refractivity contribution in [3.05, 3.63) is 53.7 Å². The number of anilines is 4. The van der Waals surface area contributed by atoms with Crippen LogP contribution >= 0.6 is 0 Å². The van der Waals surface area contributed by atoms with E-state index in [4.69, 9.17) is 22.0 Å². The summed E-state index contributed by atoms with van der Waals surface area (Å²) in [6, 6.07) is 13.0. The molecule has 1 saturated heterocycles. The Morgan fingerprint density at radius 1 is 1.21 bits per heavy atom. The molecule has 11 nitrogen and oxygen atoms in total. The Labute approximate surface area is 190 Å². The van der Waals surface area contributed by atoms with Gasteiger partial charge >= 0.3 is 0 Å². The highest BCUT2D eigenvalue weighted by atomic mass is 16.5. The summed E-state index contributed by atoms with van der Waals surface area (Å²) in [6.45, 7) is 1.70. The number of nitrogens with one attached hydrogen (secondary N) is 2. The van der Waals surface area contributed by atoms with E-state index in [-0.39, 0.29) is 36.4 Å². The van der Waals surface area contributed by atoms with Crippen LogP contribution in [-0.2, 0) is 11.4 Å². The maximum absolute atomic E-state index is 11.6. The Kier molecular flexibility index (Phi) is 6.10. The lowest BCUT2D eigenvalue weighted by Crippen LogP contribution is -2.48. The van der Waals surface area contributed by atoms with Crippen molar-refractivity contribution in [1.82, 2.24) is 15.3 Å². The fraction of sp³-hybridized carbons (Fsp3) is 0.182. The molecule has 3 heterocycles. The van der Waals surface area contributed by atoms with Crippen LogP contribution in [0.25, 0.3) is 11.1 Å². The first-order chi connectivity index (χ1) is 16.0. The summed E-state index contributed by atoms with van der Waals surface area (Å²) in [7, 11) is 0. The van der Waals surface area contributed by atoms with Gasteiger partial charge in [-0.3, -0.25) is 4.79 Å². The quantitative estimate of drug-likeness (QED) is 0.271. The molecular formula is C22H23N9O2. The zero-order valence-corrected chi connectivity index (χ0v) is 17.7. The number of hydrogen-bond acceptors (Lipinski definition) is 10. The Bertz CT molecular complexity index is 1220. The molecule has 0 bridgehead atoms. The van der Waals surface area contributed by atoms with E-state index in [1.807, 2.05) is 29.2 Å². The van der Waals surface area contributed by atoms with Gasteiger partial charge in [0.1, 0.15) is 29.7 Å². The number of rotatable bonds is 6. The van der Waals surface area contributed by atoms with Gasteiger partial charge in [0.05, 0.1) is 18.2 Å². The number of benzene rings is 1. The summed E-state index contributed by atoms with van der Waals surface area (Å²) >= 11 is 0. The average Bonchev–Trinajstić information content (AvgIpc) is 2.84. The van der Waals surface area contributed by atoms with Crippen molar-refractivity contribution in [1.29, 1.82) is 5.26 Å². The predicted molar refractivity (Wildman–Crippen MR) is 125 cm³/mol. The van der Waals surface area contributed by atoms with Gasteiger partial charge in [-0.05, 0) is 23.8 Å². The number of aromatic nitrogens is 2. The van der Waals surface area contributed by atoms with Crippen molar-refractivity contribution >= 4 is 29.0 Å². The van der Waals surface area contributed by atoms with Crippen molar-refractivity contribution < 1.29 is 9.53 Å². The van der Waals surface area contributed by atoms with E-state index in [1.165, 1.54) is 6.07 Å². The van der Waals surface area contributed by atoms with Crippen molar-refractivity contribution in [2.24, 2.45) is 5.84 Å². The van der Waals surface area contributed by atoms with Crippen molar-refractivity contribution in [2.45, 2.75) is 6.61 Å². The second-order valence-electron chi connectivity index (χ2n) is 7.40. The number of hydrazine groups is 1. The molecule has 0 unspecified atom stereocenters. The van der Waals surface area contributed by atoms with Crippen LogP contribution in [0.4, 0.5) is 23.1 Å². The molecule has 1 aliphatic heterocycles. The monoisotopic (exact) mass is 445 g/mol. The van der Waals surface area contributed by atoms with Gasteiger partial charge in [0.2, 0.25) is 5.91 Å². The van der Waals surface area contributed by atoms with E-state index in [1.54, 1.807) is 12.3 Å². The van der Waals surface area contributed by atoms with Crippen molar-refractivity contribution in [2.75, 3.05) is 41.4 Å². The Hall–Kier alpha value is -4.56. The highest BCUT2D eigenvalue weighted by Gasteiger charge is 2.17. The van der Waals surface area contributed by atoms with E-state index in [9.17, 15) is 10.1 Å². The van der Waals surface area contributed by atoms with Gasteiger partial charge in [0, 0.05) is 36.5 Å². The molecule has 1 aliphatic rings. The molecule has 4 rings (SSSR count). The molecule has 0 saturated carbocycles. The molecule has 0 atom stereocenters. The van der Waals surface area contributed by atoms with Gasteiger partial charge in [-0.25, -0.2) is 15.8 Å². The van der Waals surface area contributed by atoms with Crippen LogP contribution in [0.1, 0.15) is 11.1 Å². The SMILES string of the molecule is N#Cc1cc(-c2ccc(N3CCNC(=O)C3)nc2)ccc1COc1cc(N)nc(NN)c1N. The van der Waals surface area contributed by atoms with Gasteiger partial charge in [-0.15, -0.1) is 0 Å². The fourth-order valence-corrected chi connectivity index (χ4v) is 3.50. The number of piperazine rings is 1. The van der Waals surface area contributed by atoms with Crippen LogP contribution in [-0.4, -0.2) is 35.5 Å². The number of carbonyl (C=O) groups excluding carboxylic acids is 1. The normalized spacial score (nSPS) is 13.2. The van der Waals surface area contributed by atoms with E-state index in [0.717, 1.165) is 16.9 Å². The molecule has 1 amide bonds. The summed E-state index contributed by atoms with van der Waals surface area (Å²) in [4.78, 5) is 22.0. The molecule has 33 heavy (non-hydrogen) atoms. The molecule has 11 heteroatoms. The highest BCUT2D eigenvalue weighted by molar-refractivity contribution is 5.82. The number of ether oxygens (including phenoxy) is 1. The second kappa shape index (κ2) is 9.29. The zero-order valence-electron chi connectivity index (χ0n) is 17.7. The average molecular weight is 445 g/mol.